The molecule has 0 bridgehead atoms. The molecule has 0 radical (unpaired) electrons. The Kier molecular flexibility index (Phi) is 6.31. The van der Waals surface area contributed by atoms with Crippen molar-refractivity contribution in [3.63, 3.8) is 0 Å². The summed E-state index contributed by atoms with van der Waals surface area (Å²) >= 11 is 1.58. The number of hydrogen-bond donors (Lipinski definition) is 2. The average Bonchev–Trinajstić information content (AvgIpc) is 2.99. The van der Waals surface area contributed by atoms with Crippen molar-refractivity contribution >= 4 is 23.2 Å². The maximum Gasteiger partial charge on any atom is 0.251 e. The van der Waals surface area contributed by atoms with Crippen LogP contribution in [0.5, 0.6) is 5.75 Å². The molecule has 2 aromatic rings. The number of likely N-dealkylation sites (N-methyl/N-ethyl adjacent to an activating group) is 1. The van der Waals surface area contributed by atoms with Gasteiger partial charge in [-0.1, -0.05) is 0 Å². The molecule has 1 aromatic carbocycles. The number of amides is 2. The molecule has 0 aliphatic rings. The molecule has 1 aromatic heterocycles. The summed E-state index contributed by atoms with van der Waals surface area (Å²) in [7, 11) is 0. The SMILES string of the molecule is CCNC(=O)[C@@H](C)NC(=O)c1ccc(OCc2csc(C)n2)cc1. The molecule has 0 saturated carbocycles. The maximum atomic E-state index is 12.1. The summed E-state index contributed by atoms with van der Waals surface area (Å²) in [5.41, 5.74) is 1.36. The van der Waals surface area contributed by atoms with Crippen LogP contribution in [-0.4, -0.2) is 29.4 Å². The van der Waals surface area contributed by atoms with Gasteiger partial charge in [0.1, 0.15) is 18.4 Å². The largest absolute Gasteiger partial charge is 0.487 e. The minimum absolute atomic E-state index is 0.204. The van der Waals surface area contributed by atoms with Crippen LogP contribution in [0.2, 0.25) is 0 Å². The number of ether oxygens (including phenoxy) is 1. The third kappa shape index (κ3) is 5.06. The Balaban J connectivity index is 1.88. The molecule has 2 N–H and O–H groups in total. The Labute approximate surface area is 145 Å². The molecule has 0 aliphatic heterocycles. The van der Waals surface area contributed by atoms with E-state index in [1.54, 1.807) is 42.5 Å². The minimum atomic E-state index is -0.582. The zero-order valence-corrected chi connectivity index (χ0v) is 14.8. The number of hydrogen-bond acceptors (Lipinski definition) is 5. The van der Waals surface area contributed by atoms with Crippen molar-refractivity contribution in [2.45, 2.75) is 33.4 Å². The Hall–Kier alpha value is -2.41. The van der Waals surface area contributed by atoms with E-state index in [9.17, 15) is 9.59 Å². The molecule has 24 heavy (non-hydrogen) atoms. The quantitative estimate of drug-likeness (QED) is 0.805. The number of carbonyl (C=O) groups is 2. The Morgan fingerprint density at radius 1 is 1.29 bits per heavy atom. The fraction of sp³-hybridized carbons (Fsp3) is 0.353. The third-order valence-corrected chi connectivity index (χ3v) is 4.08. The average molecular weight is 347 g/mol. The summed E-state index contributed by atoms with van der Waals surface area (Å²) in [5.74, 6) is 0.161. The molecule has 0 fully saturated rings. The smallest absolute Gasteiger partial charge is 0.251 e. The maximum absolute atomic E-state index is 12.1. The van der Waals surface area contributed by atoms with Crippen LogP contribution in [0.15, 0.2) is 29.6 Å². The van der Waals surface area contributed by atoms with Gasteiger partial charge < -0.3 is 15.4 Å². The number of nitrogens with one attached hydrogen (secondary N) is 2. The molecule has 0 saturated heterocycles. The van der Waals surface area contributed by atoms with Crippen molar-refractivity contribution in [1.82, 2.24) is 15.6 Å². The van der Waals surface area contributed by atoms with Crippen molar-refractivity contribution < 1.29 is 14.3 Å². The van der Waals surface area contributed by atoms with Gasteiger partial charge in [-0.25, -0.2) is 4.98 Å². The van der Waals surface area contributed by atoms with Crippen LogP contribution in [0.3, 0.4) is 0 Å². The van der Waals surface area contributed by atoms with Gasteiger partial charge in [0.25, 0.3) is 5.91 Å². The molecule has 128 valence electrons. The molecule has 1 atom stereocenters. The van der Waals surface area contributed by atoms with Gasteiger partial charge in [-0.05, 0) is 45.0 Å². The summed E-state index contributed by atoms with van der Waals surface area (Å²) in [6.07, 6.45) is 0. The standard InChI is InChI=1S/C17H21N3O3S/c1-4-18-16(21)11(2)19-17(22)13-5-7-15(8-6-13)23-9-14-10-24-12(3)20-14/h5-8,10-11H,4,9H2,1-3H3,(H,18,21)(H,19,22)/t11-/m1/s1. The van der Waals surface area contributed by atoms with E-state index < -0.39 is 6.04 Å². The van der Waals surface area contributed by atoms with Crippen molar-refractivity contribution in [1.29, 1.82) is 0 Å². The normalized spacial score (nSPS) is 11.6. The minimum Gasteiger partial charge on any atom is -0.487 e. The molecular formula is C17H21N3O3S. The van der Waals surface area contributed by atoms with Crippen LogP contribution in [0.25, 0.3) is 0 Å². The first-order valence-electron chi connectivity index (χ1n) is 7.72. The highest BCUT2D eigenvalue weighted by molar-refractivity contribution is 7.09. The molecular weight excluding hydrogens is 326 g/mol. The number of aromatic nitrogens is 1. The number of rotatable bonds is 7. The number of nitrogens with zero attached hydrogens (tertiary/aromatic N) is 1. The van der Waals surface area contributed by atoms with Crippen LogP contribution in [0.1, 0.15) is 34.9 Å². The first-order valence-corrected chi connectivity index (χ1v) is 8.60. The molecule has 0 unspecified atom stereocenters. The van der Waals surface area contributed by atoms with E-state index >= 15 is 0 Å². The van der Waals surface area contributed by atoms with Gasteiger partial charge >= 0.3 is 0 Å². The molecule has 6 nitrogen and oxygen atoms in total. The van der Waals surface area contributed by atoms with Crippen molar-refractivity contribution in [2.24, 2.45) is 0 Å². The van der Waals surface area contributed by atoms with Crippen LogP contribution in [0.4, 0.5) is 0 Å². The molecule has 2 amide bonds. The predicted octanol–water partition coefficient (Wildman–Crippen LogP) is 2.28. The summed E-state index contributed by atoms with van der Waals surface area (Å²) in [5, 5.41) is 8.29. The van der Waals surface area contributed by atoms with Crippen LogP contribution < -0.4 is 15.4 Å². The van der Waals surface area contributed by atoms with Gasteiger partial charge in [-0.3, -0.25) is 9.59 Å². The molecule has 0 spiro atoms. The van der Waals surface area contributed by atoms with Gasteiger partial charge in [-0.2, -0.15) is 0 Å². The monoisotopic (exact) mass is 347 g/mol. The lowest BCUT2D eigenvalue weighted by Crippen LogP contribution is -2.44. The first-order chi connectivity index (χ1) is 11.5. The summed E-state index contributed by atoms with van der Waals surface area (Å²) in [6, 6.07) is 6.21. The highest BCUT2D eigenvalue weighted by atomic mass is 32.1. The van der Waals surface area contributed by atoms with Crippen molar-refractivity contribution in [3.05, 3.63) is 45.9 Å². The van der Waals surface area contributed by atoms with Gasteiger partial charge in [0.15, 0.2) is 0 Å². The van der Waals surface area contributed by atoms with E-state index in [0.717, 1.165) is 10.7 Å². The lowest BCUT2D eigenvalue weighted by Gasteiger charge is -2.13. The Bertz CT molecular complexity index is 697. The third-order valence-electron chi connectivity index (χ3n) is 3.26. The topological polar surface area (TPSA) is 80.3 Å². The molecule has 1 heterocycles. The second-order valence-electron chi connectivity index (χ2n) is 5.26. The zero-order valence-electron chi connectivity index (χ0n) is 14.0. The van der Waals surface area contributed by atoms with Crippen LogP contribution >= 0.6 is 11.3 Å². The fourth-order valence-electron chi connectivity index (χ4n) is 2.01. The number of carbonyl (C=O) groups excluding carboxylic acids is 2. The zero-order chi connectivity index (χ0) is 17.5. The lowest BCUT2D eigenvalue weighted by molar-refractivity contribution is -0.122. The van der Waals surface area contributed by atoms with Crippen LogP contribution in [0, 0.1) is 6.92 Å². The fourth-order valence-corrected chi connectivity index (χ4v) is 2.60. The number of thiazole rings is 1. The summed E-state index contributed by atoms with van der Waals surface area (Å²) in [6.45, 7) is 6.35. The van der Waals surface area contributed by atoms with E-state index in [1.165, 1.54) is 0 Å². The molecule has 7 heteroatoms. The second kappa shape index (κ2) is 8.44. The van der Waals surface area contributed by atoms with E-state index in [-0.39, 0.29) is 11.8 Å². The van der Waals surface area contributed by atoms with E-state index in [2.05, 4.69) is 15.6 Å². The van der Waals surface area contributed by atoms with Crippen molar-refractivity contribution in [3.8, 4) is 5.75 Å². The summed E-state index contributed by atoms with van der Waals surface area (Å²) in [4.78, 5) is 28.1. The molecule has 2 rings (SSSR count). The van der Waals surface area contributed by atoms with Gasteiger partial charge in [0, 0.05) is 17.5 Å². The summed E-state index contributed by atoms with van der Waals surface area (Å²) < 4.78 is 5.64. The Morgan fingerprint density at radius 3 is 2.58 bits per heavy atom. The van der Waals surface area contributed by atoms with E-state index in [1.807, 2.05) is 19.2 Å². The van der Waals surface area contributed by atoms with E-state index in [4.69, 9.17) is 4.74 Å². The highest BCUT2D eigenvalue weighted by Crippen LogP contribution is 2.15. The number of aryl methyl sites for hydroxylation is 1. The van der Waals surface area contributed by atoms with Gasteiger partial charge in [0.2, 0.25) is 5.91 Å². The highest BCUT2D eigenvalue weighted by Gasteiger charge is 2.15. The van der Waals surface area contributed by atoms with Gasteiger partial charge in [0.05, 0.1) is 10.7 Å². The van der Waals surface area contributed by atoms with E-state index in [0.29, 0.717) is 24.5 Å². The van der Waals surface area contributed by atoms with Crippen LogP contribution in [-0.2, 0) is 11.4 Å². The predicted molar refractivity (Wildman–Crippen MR) is 93.2 cm³/mol. The van der Waals surface area contributed by atoms with Gasteiger partial charge in [-0.15, -0.1) is 11.3 Å². The lowest BCUT2D eigenvalue weighted by atomic mass is 10.2. The molecule has 0 aliphatic carbocycles. The first kappa shape index (κ1) is 17.9. The Morgan fingerprint density at radius 2 is 2.00 bits per heavy atom. The number of benzene rings is 1. The van der Waals surface area contributed by atoms with Crippen molar-refractivity contribution in [2.75, 3.05) is 6.54 Å². The second-order valence-corrected chi connectivity index (χ2v) is 6.32.